The van der Waals surface area contributed by atoms with Crippen molar-refractivity contribution in [1.29, 1.82) is 0 Å². The summed E-state index contributed by atoms with van der Waals surface area (Å²) in [5, 5.41) is 20.8. The molecule has 0 unspecified atom stereocenters. The van der Waals surface area contributed by atoms with Crippen molar-refractivity contribution in [1.82, 2.24) is 20.3 Å². The Morgan fingerprint density at radius 3 is 2.87 bits per heavy atom. The Hall–Kier alpha value is -0.940. The molecule has 0 aromatic carbocycles. The van der Waals surface area contributed by atoms with Gasteiger partial charge >= 0.3 is 0 Å². The van der Waals surface area contributed by atoms with E-state index in [2.05, 4.69) is 22.6 Å². The van der Waals surface area contributed by atoms with Crippen LogP contribution in [-0.2, 0) is 13.1 Å². The van der Waals surface area contributed by atoms with Crippen molar-refractivity contribution in [3.8, 4) is 0 Å². The smallest absolute Gasteiger partial charge is 0.0964 e. The molecule has 0 bridgehead atoms. The first-order valence-corrected chi connectivity index (χ1v) is 5.33. The van der Waals surface area contributed by atoms with Crippen LogP contribution in [0.2, 0.25) is 0 Å². The standard InChI is InChI=1S/C10H20N4O/c1-4-5-11-6-9-7-14(13-12-9)8-10(2,3)15/h7,11,15H,4-6,8H2,1-3H3. The van der Waals surface area contributed by atoms with Crippen molar-refractivity contribution in [2.24, 2.45) is 0 Å². The highest BCUT2D eigenvalue weighted by Crippen LogP contribution is 2.04. The molecule has 0 aliphatic heterocycles. The number of aromatic nitrogens is 3. The van der Waals surface area contributed by atoms with Crippen LogP contribution in [0.5, 0.6) is 0 Å². The van der Waals surface area contributed by atoms with Gasteiger partial charge in [0.05, 0.1) is 17.8 Å². The third kappa shape index (κ3) is 4.90. The van der Waals surface area contributed by atoms with Crippen molar-refractivity contribution in [2.45, 2.75) is 45.9 Å². The topological polar surface area (TPSA) is 63.0 Å². The second kappa shape index (κ2) is 5.23. The summed E-state index contributed by atoms with van der Waals surface area (Å²) in [5.41, 5.74) is 0.162. The minimum Gasteiger partial charge on any atom is -0.389 e. The Labute approximate surface area is 90.5 Å². The number of aliphatic hydroxyl groups is 1. The number of hydrogen-bond acceptors (Lipinski definition) is 4. The maximum Gasteiger partial charge on any atom is 0.0964 e. The van der Waals surface area contributed by atoms with Crippen LogP contribution in [0.4, 0.5) is 0 Å². The number of nitrogens with zero attached hydrogens (tertiary/aromatic N) is 3. The monoisotopic (exact) mass is 212 g/mol. The zero-order valence-electron chi connectivity index (χ0n) is 9.69. The molecule has 5 nitrogen and oxygen atoms in total. The highest BCUT2D eigenvalue weighted by molar-refractivity contribution is 4.92. The highest BCUT2D eigenvalue weighted by Gasteiger charge is 2.14. The molecular weight excluding hydrogens is 192 g/mol. The first kappa shape index (κ1) is 12.1. The van der Waals surface area contributed by atoms with Crippen LogP contribution < -0.4 is 5.32 Å². The molecule has 0 spiro atoms. The maximum absolute atomic E-state index is 9.59. The van der Waals surface area contributed by atoms with Gasteiger partial charge in [-0.3, -0.25) is 0 Å². The molecule has 1 aromatic rings. The van der Waals surface area contributed by atoms with E-state index in [4.69, 9.17) is 0 Å². The first-order chi connectivity index (χ1) is 7.01. The molecule has 2 N–H and O–H groups in total. The molecule has 0 aliphatic rings. The molecule has 1 rings (SSSR count). The molecule has 1 heterocycles. The van der Waals surface area contributed by atoms with E-state index in [-0.39, 0.29) is 0 Å². The average Bonchev–Trinajstić information content (AvgIpc) is 2.50. The molecule has 0 fully saturated rings. The second-order valence-corrected chi connectivity index (χ2v) is 4.40. The van der Waals surface area contributed by atoms with Crippen LogP contribution in [0.25, 0.3) is 0 Å². The Bertz CT molecular complexity index is 290. The molecule has 5 heteroatoms. The fraction of sp³-hybridized carbons (Fsp3) is 0.800. The summed E-state index contributed by atoms with van der Waals surface area (Å²) in [5.74, 6) is 0. The van der Waals surface area contributed by atoms with Gasteiger partial charge in [0.15, 0.2) is 0 Å². The van der Waals surface area contributed by atoms with Gasteiger partial charge in [0.1, 0.15) is 0 Å². The van der Waals surface area contributed by atoms with Crippen LogP contribution in [0.1, 0.15) is 32.9 Å². The quantitative estimate of drug-likeness (QED) is 0.676. The van der Waals surface area contributed by atoms with Gasteiger partial charge in [-0.25, -0.2) is 4.68 Å². The Kier molecular flexibility index (Phi) is 4.23. The lowest BCUT2D eigenvalue weighted by molar-refractivity contribution is 0.0571. The number of nitrogens with one attached hydrogen (secondary N) is 1. The van der Waals surface area contributed by atoms with Gasteiger partial charge in [0, 0.05) is 12.7 Å². The minimum atomic E-state index is -0.748. The van der Waals surface area contributed by atoms with Crippen LogP contribution in [0.3, 0.4) is 0 Å². The molecule has 0 atom stereocenters. The summed E-state index contributed by atoms with van der Waals surface area (Å²) in [4.78, 5) is 0. The molecule has 0 saturated heterocycles. The van der Waals surface area contributed by atoms with E-state index in [9.17, 15) is 5.11 Å². The third-order valence-electron chi connectivity index (χ3n) is 1.87. The summed E-state index contributed by atoms with van der Waals surface area (Å²) < 4.78 is 1.67. The maximum atomic E-state index is 9.59. The molecule has 15 heavy (non-hydrogen) atoms. The number of hydrogen-bond donors (Lipinski definition) is 2. The van der Waals surface area contributed by atoms with E-state index < -0.39 is 5.60 Å². The van der Waals surface area contributed by atoms with E-state index in [1.54, 1.807) is 18.5 Å². The van der Waals surface area contributed by atoms with E-state index in [0.717, 1.165) is 25.2 Å². The molecule has 1 aromatic heterocycles. The molecule has 0 aliphatic carbocycles. The Morgan fingerprint density at radius 1 is 1.53 bits per heavy atom. The molecule has 0 radical (unpaired) electrons. The summed E-state index contributed by atoms with van der Waals surface area (Å²) in [6.07, 6.45) is 2.97. The van der Waals surface area contributed by atoms with Crippen LogP contribution >= 0.6 is 0 Å². The fourth-order valence-electron chi connectivity index (χ4n) is 1.29. The SMILES string of the molecule is CCCNCc1cn(CC(C)(C)O)nn1. The lowest BCUT2D eigenvalue weighted by Crippen LogP contribution is -2.26. The van der Waals surface area contributed by atoms with Crippen molar-refractivity contribution in [3.63, 3.8) is 0 Å². The summed E-state index contributed by atoms with van der Waals surface area (Å²) in [6, 6.07) is 0. The van der Waals surface area contributed by atoms with E-state index >= 15 is 0 Å². The van der Waals surface area contributed by atoms with Crippen LogP contribution in [0, 0.1) is 0 Å². The number of rotatable bonds is 6. The van der Waals surface area contributed by atoms with Gasteiger partial charge in [-0.15, -0.1) is 5.10 Å². The Morgan fingerprint density at radius 2 is 2.27 bits per heavy atom. The predicted octanol–water partition coefficient (Wildman–Crippen LogP) is 0.549. The van der Waals surface area contributed by atoms with Crippen molar-refractivity contribution in [3.05, 3.63) is 11.9 Å². The van der Waals surface area contributed by atoms with Gasteiger partial charge < -0.3 is 10.4 Å². The average molecular weight is 212 g/mol. The van der Waals surface area contributed by atoms with E-state index in [1.807, 2.05) is 6.20 Å². The Balaban J connectivity index is 2.42. The molecule has 86 valence electrons. The van der Waals surface area contributed by atoms with Gasteiger partial charge in [-0.2, -0.15) is 0 Å². The normalized spacial score (nSPS) is 12.0. The van der Waals surface area contributed by atoms with Crippen molar-refractivity contribution in [2.75, 3.05) is 6.54 Å². The zero-order valence-corrected chi connectivity index (χ0v) is 9.69. The third-order valence-corrected chi connectivity index (χ3v) is 1.87. The first-order valence-electron chi connectivity index (χ1n) is 5.33. The zero-order chi connectivity index (χ0) is 11.3. The second-order valence-electron chi connectivity index (χ2n) is 4.40. The van der Waals surface area contributed by atoms with Gasteiger partial charge in [-0.05, 0) is 26.8 Å². The summed E-state index contributed by atoms with van der Waals surface area (Å²) >= 11 is 0. The minimum absolute atomic E-state index is 0.466. The molecular formula is C10H20N4O. The van der Waals surface area contributed by atoms with Crippen LogP contribution in [-0.4, -0.2) is 32.2 Å². The molecule has 0 amide bonds. The van der Waals surface area contributed by atoms with Gasteiger partial charge in [0.2, 0.25) is 0 Å². The lowest BCUT2D eigenvalue weighted by Gasteiger charge is -2.15. The van der Waals surface area contributed by atoms with Gasteiger partial charge in [0.25, 0.3) is 0 Å². The fourth-order valence-corrected chi connectivity index (χ4v) is 1.29. The predicted molar refractivity (Wildman–Crippen MR) is 58.3 cm³/mol. The van der Waals surface area contributed by atoms with E-state index in [1.165, 1.54) is 0 Å². The summed E-state index contributed by atoms with van der Waals surface area (Å²) in [7, 11) is 0. The molecule has 0 saturated carbocycles. The van der Waals surface area contributed by atoms with Gasteiger partial charge in [-0.1, -0.05) is 12.1 Å². The summed E-state index contributed by atoms with van der Waals surface area (Å²) in [6.45, 7) is 7.82. The lowest BCUT2D eigenvalue weighted by atomic mass is 10.1. The van der Waals surface area contributed by atoms with Crippen molar-refractivity contribution < 1.29 is 5.11 Å². The van der Waals surface area contributed by atoms with Crippen LogP contribution in [0.15, 0.2) is 6.20 Å². The largest absolute Gasteiger partial charge is 0.389 e. The van der Waals surface area contributed by atoms with E-state index in [0.29, 0.717) is 6.54 Å². The highest BCUT2D eigenvalue weighted by atomic mass is 16.3. The van der Waals surface area contributed by atoms with Crippen molar-refractivity contribution >= 4 is 0 Å².